The lowest BCUT2D eigenvalue weighted by Crippen LogP contribution is -2.29. The number of aromatic nitrogens is 1. The Kier molecular flexibility index (Phi) is 4.57. The van der Waals surface area contributed by atoms with Gasteiger partial charge in [0, 0.05) is 12.7 Å². The minimum atomic E-state index is -0.0454. The molecule has 0 saturated carbocycles. The molecule has 0 unspecified atom stereocenters. The number of nitrogens with zero attached hydrogens (tertiary/aromatic N) is 2. The SMILES string of the molecule is CCc1ccc(NC(=O)CN(C)c2nc3ccccc3s2)cc1. The van der Waals surface area contributed by atoms with Gasteiger partial charge in [0.15, 0.2) is 5.13 Å². The average molecular weight is 325 g/mol. The summed E-state index contributed by atoms with van der Waals surface area (Å²) >= 11 is 1.59. The molecule has 5 heteroatoms. The highest BCUT2D eigenvalue weighted by atomic mass is 32.1. The molecule has 2 aromatic carbocycles. The van der Waals surface area contributed by atoms with Crippen LogP contribution >= 0.6 is 11.3 Å². The number of carbonyl (C=O) groups excluding carboxylic acids is 1. The Morgan fingerprint density at radius 1 is 1.17 bits per heavy atom. The Bertz CT molecular complexity index is 778. The molecule has 3 rings (SSSR count). The van der Waals surface area contributed by atoms with Crippen LogP contribution in [0.2, 0.25) is 0 Å². The van der Waals surface area contributed by atoms with Crippen LogP contribution in [0.5, 0.6) is 0 Å². The molecule has 1 N–H and O–H groups in total. The number of thiazole rings is 1. The van der Waals surface area contributed by atoms with E-state index < -0.39 is 0 Å². The van der Waals surface area contributed by atoms with Crippen molar-refractivity contribution in [1.29, 1.82) is 0 Å². The molecule has 1 heterocycles. The van der Waals surface area contributed by atoms with Gasteiger partial charge in [-0.3, -0.25) is 4.79 Å². The van der Waals surface area contributed by atoms with E-state index in [0.717, 1.165) is 27.5 Å². The van der Waals surface area contributed by atoms with Crippen LogP contribution in [0.4, 0.5) is 10.8 Å². The first-order chi connectivity index (χ1) is 11.2. The number of nitrogens with one attached hydrogen (secondary N) is 1. The van der Waals surface area contributed by atoms with Crippen LogP contribution < -0.4 is 10.2 Å². The van der Waals surface area contributed by atoms with E-state index in [-0.39, 0.29) is 12.5 Å². The Morgan fingerprint density at radius 3 is 2.61 bits per heavy atom. The highest BCUT2D eigenvalue weighted by molar-refractivity contribution is 7.22. The fourth-order valence-corrected chi connectivity index (χ4v) is 3.26. The highest BCUT2D eigenvalue weighted by Crippen LogP contribution is 2.27. The second-order valence-electron chi connectivity index (χ2n) is 5.42. The van der Waals surface area contributed by atoms with Crippen LogP contribution in [0.15, 0.2) is 48.5 Å². The molecule has 1 amide bonds. The topological polar surface area (TPSA) is 45.2 Å². The summed E-state index contributed by atoms with van der Waals surface area (Å²) in [5.41, 5.74) is 3.05. The number of anilines is 2. The molecule has 118 valence electrons. The van der Waals surface area contributed by atoms with Crippen LogP contribution in [-0.4, -0.2) is 24.5 Å². The molecule has 0 aliphatic carbocycles. The Balaban J connectivity index is 1.64. The molecule has 1 aromatic heterocycles. The van der Waals surface area contributed by atoms with E-state index >= 15 is 0 Å². The third-order valence-electron chi connectivity index (χ3n) is 3.64. The maximum absolute atomic E-state index is 12.2. The lowest BCUT2D eigenvalue weighted by Gasteiger charge is -2.15. The first kappa shape index (κ1) is 15.5. The third kappa shape index (κ3) is 3.68. The number of para-hydroxylation sites is 1. The normalized spacial score (nSPS) is 10.7. The van der Waals surface area contributed by atoms with Crippen LogP contribution in [-0.2, 0) is 11.2 Å². The van der Waals surface area contributed by atoms with Crippen molar-refractivity contribution in [3.63, 3.8) is 0 Å². The van der Waals surface area contributed by atoms with Crippen LogP contribution in [0.1, 0.15) is 12.5 Å². The summed E-state index contributed by atoms with van der Waals surface area (Å²) < 4.78 is 1.13. The summed E-state index contributed by atoms with van der Waals surface area (Å²) in [6, 6.07) is 15.9. The fraction of sp³-hybridized carbons (Fsp3) is 0.222. The van der Waals surface area contributed by atoms with E-state index in [0.29, 0.717) is 0 Å². The summed E-state index contributed by atoms with van der Waals surface area (Å²) in [5, 5.41) is 3.77. The summed E-state index contributed by atoms with van der Waals surface area (Å²) in [6.45, 7) is 2.38. The number of likely N-dealkylation sites (N-methyl/N-ethyl adjacent to an activating group) is 1. The van der Waals surface area contributed by atoms with Crippen LogP contribution in [0.3, 0.4) is 0 Å². The van der Waals surface area contributed by atoms with Gasteiger partial charge in [0.1, 0.15) is 0 Å². The van der Waals surface area contributed by atoms with E-state index in [4.69, 9.17) is 0 Å². The average Bonchev–Trinajstić information content (AvgIpc) is 2.99. The standard InChI is InChI=1S/C18H19N3OS/c1-3-13-8-10-14(11-9-13)19-17(22)12-21(2)18-20-15-6-4-5-7-16(15)23-18/h4-11H,3,12H2,1-2H3,(H,19,22). The van der Waals surface area contributed by atoms with Crippen molar-refractivity contribution < 1.29 is 4.79 Å². The van der Waals surface area contributed by atoms with E-state index in [1.165, 1.54) is 5.56 Å². The van der Waals surface area contributed by atoms with Gasteiger partial charge in [-0.25, -0.2) is 4.98 Å². The summed E-state index contributed by atoms with van der Waals surface area (Å²) in [7, 11) is 1.89. The fourth-order valence-electron chi connectivity index (χ4n) is 2.33. The van der Waals surface area contributed by atoms with Gasteiger partial charge < -0.3 is 10.2 Å². The van der Waals surface area contributed by atoms with Crippen LogP contribution in [0, 0.1) is 0 Å². The van der Waals surface area contributed by atoms with Crippen molar-refractivity contribution >= 4 is 38.3 Å². The number of benzene rings is 2. The van der Waals surface area contributed by atoms with Gasteiger partial charge in [-0.2, -0.15) is 0 Å². The first-order valence-electron chi connectivity index (χ1n) is 7.61. The summed E-state index contributed by atoms with van der Waals surface area (Å²) in [6.07, 6.45) is 0.995. The second-order valence-corrected chi connectivity index (χ2v) is 6.43. The number of hydrogen-bond acceptors (Lipinski definition) is 4. The number of aryl methyl sites for hydroxylation is 1. The molecule has 0 fully saturated rings. The van der Waals surface area contributed by atoms with Gasteiger partial charge >= 0.3 is 0 Å². The van der Waals surface area contributed by atoms with Crippen molar-refractivity contribution in [3.8, 4) is 0 Å². The Morgan fingerprint density at radius 2 is 1.91 bits per heavy atom. The number of hydrogen-bond donors (Lipinski definition) is 1. The monoisotopic (exact) mass is 325 g/mol. The van der Waals surface area contributed by atoms with Gasteiger partial charge in [-0.05, 0) is 36.2 Å². The molecule has 0 bridgehead atoms. The zero-order chi connectivity index (χ0) is 16.2. The van der Waals surface area contributed by atoms with E-state index in [9.17, 15) is 4.79 Å². The molecule has 0 aliphatic heterocycles. The van der Waals surface area contributed by atoms with Gasteiger partial charge in [0.05, 0.1) is 16.8 Å². The van der Waals surface area contributed by atoms with Crippen molar-refractivity contribution in [2.75, 3.05) is 23.8 Å². The smallest absolute Gasteiger partial charge is 0.243 e. The van der Waals surface area contributed by atoms with E-state index in [1.807, 2.05) is 60.5 Å². The summed E-state index contributed by atoms with van der Waals surface area (Å²) in [4.78, 5) is 18.6. The van der Waals surface area contributed by atoms with Gasteiger partial charge in [-0.1, -0.05) is 42.5 Å². The van der Waals surface area contributed by atoms with Gasteiger partial charge in [0.2, 0.25) is 5.91 Å². The van der Waals surface area contributed by atoms with Crippen LogP contribution in [0.25, 0.3) is 10.2 Å². The molecule has 23 heavy (non-hydrogen) atoms. The molecule has 0 aliphatic rings. The molecule has 0 atom stereocenters. The predicted octanol–water partition coefficient (Wildman–Crippen LogP) is 3.93. The minimum Gasteiger partial charge on any atom is -0.342 e. The lowest BCUT2D eigenvalue weighted by atomic mass is 10.1. The Labute approximate surface area is 139 Å². The molecular weight excluding hydrogens is 306 g/mol. The molecule has 0 radical (unpaired) electrons. The number of rotatable bonds is 5. The molecule has 0 saturated heterocycles. The lowest BCUT2D eigenvalue weighted by molar-refractivity contribution is -0.114. The van der Waals surface area contributed by atoms with Crippen molar-refractivity contribution in [1.82, 2.24) is 4.98 Å². The largest absolute Gasteiger partial charge is 0.342 e. The third-order valence-corrected chi connectivity index (χ3v) is 4.79. The maximum Gasteiger partial charge on any atom is 0.243 e. The highest BCUT2D eigenvalue weighted by Gasteiger charge is 2.12. The van der Waals surface area contributed by atoms with E-state index in [1.54, 1.807) is 11.3 Å². The van der Waals surface area contributed by atoms with Gasteiger partial charge in [-0.15, -0.1) is 0 Å². The number of carbonyl (C=O) groups is 1. The maximum atomic E-state index is 12.2. The molecule has 0 spiro atoms. The van der Waals surface area contributed by atoms with Crippen molar-refractivity contribution in [2.24, 2.45) is 0 Å². The quantitative estimate of drug-likeness (QED) is 0.773. The Hall–Kier alpha value is -2.40. The molecule has 4 nitrogen and oxygen atoms in total. The second kappa shape index (κ2) is 6.79. The zero-order valence-corrected chi connectivity index (χ0v) is 14.1. The predicted molar refractivity (Wildman–Crippen MR) is 97.3 cm³/mol. The number of fused-ring (bicyclic) bond motifs is 1. The van der Waals surface area contributed by atoms with Gasteiger partial charge in [0.25, 0.3) is 0 Å². The summed E-state index contributed by atoms with van der Waals surface area (Å²) in [5.74, 6) is -0.0454. The zero-order valence-electron chi connectivity index (χ0n) is 13.2. The molecule has 3 aromatic rings. The van der Waals surface area contributed by atoms with Crippen molar-refractivity contribution in [3.05, 3.63) is 54.1 Å². The minimum absolute atomic E-state index is 0.0454. The number of amides is 1. The van der Waals surface area contributed by atoms with E-state index in [2.05, 4.69) is 17.2 Å². The van der Waals surface area contributed by atoms with Crippen molar-refractivity contribution in [2.45, 2.75) is 13.3 Å². The molecular formula is C18H19N3OS. The first-order valence-corrected chi connectivity index (χ1v) is 8.43.